The van der Waals surface area contributed by atoms with Crippen LogP contribution in [0.1, 0.15) is 12.0 Å². The molecule has 0 spiro atoms. The Morgan fingerprint density at radius 1 is 1.30 bits per heavy atom. The molecule has 0 amide bonds. The second kappa shape index (κ2) is 6.85. The standard InChI is InChI=1S/C16H12N4O2S/c21-20(22)13-6-3-5-12(10-13)4-1-2-8-17-15-14-7-9-23-16(14)19-11-18-15/h3,5-7,9-11H,2,8H2,(H,17,18,19). The van der Waals surface area contributed by atoms with Crippen LogP contribution in [0.2, 0.25) is 0 Å². The molecule has 23 heavy (non-hydrogen) atoms. The van der Waals surface area contributed by atoms with Gasteiger partial charge in [-0.15, -0.1) is 11.3 Å². The van der Waals surface area contributed by atoms with Crippen molar-refractivity contribution >= 4 is 33.1 Å². The summed E-state index contributed by atoms with van der Waals surface area (Å²) in [6.45, 7) is 0.643. The Morgan fingerprint density at radius 2 is 2.22 bits per heavy atom. The first kappa shape index (κ1) is 14.9. The molecule has 0 aliphatic carbocycles. The number of anilines is 1. The summed E-state index contributed by atoms with van der Waals surface area (Å²) >= 11 is 1.57. The zero-order valence-electron chi connectivity index (χ0n) is 12.0. The van der Waals surface area contributed by atoms with Crippen molar-refractivity contribution in [2.45, 2.75) is 6.42 Å². The number of non-ortho nitro benzene ring substituents is 1. The van der Waals surface area contributed by atoms with Crippen LogP contribution in [-0.4, -0.2) is 21.4 Å². The minimum Gasteiger partial charge on any atom is -0.368 e. The maximum atomic E-state index is 10.7. The Bertz CT molecular complexity index is 911. The monoisotopic (exact) mass is 324 g/mol. The smallest absolute Gasteiger partial charge is 0.270 e. The maximum Gasteiger partial charge on any atom is 0.270 e. The second-order valence-corrected chi connectivity index (χ2v) is 5.54. The molecule has 0 aliphatic rings. The normalized spacial score (nSPS) is 10.1. The number of nitrogens with one attached hydrogen (secondary N) is 1. The SMILES string of the molecule is O=[N+]([O-])c1cccc(C#CCCNc2ncnc3sccc23)c1. The van der Waals surface area contributed by atoms with E-state index in [2.05, 4.69) is 27.1 Å². The zero-order valence-corrected chi connectivity index (χ0v) is 12.8. The van der Waals surface area contributed by atoms with Crippen molar-refractivity contribution in [1.29, 1.82) is 0 Å². The highest BCUT2D eigenvalue weighted by Crippen LogP contribution is 2.23. The van der Waals surface area contributed by atoms with Crippen molar-refractivity contribution in [1.82, 2.24) is 9.97 Å². The lowest BCUT2D eigenvalue weighted by molar-refractivity contribution is -0.384. The van der Waals surface area contributed by atoms with Gasteiger partial charge in [0, 0.05) is 30.7 Å². The number of nitro groups is 1. The van der Waals surface area contributed by atoms with E-state index in [0.717, 1.165) is 16.0 Å². The van der Waals surface area contributed by atoms with Crippen LogP contribution in [0.3, 0.4) is 0 Å². The minimum absolute atomic E-state index is 0.0516. The molecule has 0 fully saturated rings. The lowest BCUT2D eigenvalue weighted by Gasteiger charge is -2.03. The number of nitrogens with zero attached hydrogens (tertiary/aromatic N) is 3. The van der Waals surface area contributed by atoms with Gasteiger partial charge in [0.2, 0.25) is 0 Å². The molecule has 0 atom stereocenters. The van der Waals surface area contributed by atoms with Gasteiger partial charge in [-0.05, 0) is 17.5 Å². The first-order chi connectivity index (χ1) is 11.2. The molecule has 114 valence electrons. The van der Waals surface area contributed by atoms with E-state index in [0.29, 0.717) is 18.5 Å². The van der Waals surface area contributed by atoms with Crippen molar-refractivity contribution in [3.05, 3.63) is 57.7 Å². The van der Waals surface area contributed by atoms with E-state index in [1.165, 1.54) is 18.5 Å². The second-order valence-electron chi connectivity index (χ2n) is 4.65. The van der Waals surface area contributed by atoms with E-state index in [1.807, 2.05) is 11.4 Å². The molecule has 0 bridgehead atoms. The molecular formula is C16H12N4O2S. The maximum absolute atomic E-state index is 10.7. The molecule has 0 saturated carbocycles. The summed E-state index contributed by atoms with van der Waals surface area (Å²) in [4.78, 5) is 19.7. The van der Waals surface area contributed by atoms with Gasteiger partial charge in [0.15, 0.2) is 0 Å². The van der Waals surface area contributed by atoms with E-state index < -0.39 is 4.92 Å². The van der Waals surface area contributed by atoms with Gasteiger partial charge in [-0.25, -0.2) is 9.97 Å². The zero-order chi connectivity index (χ0) is 16.1. The summed E-state index contributed by atoms with van der Waals surface area (Å²) in [5.41, 5.74) is 0.692. The van der Waals surface area contributed by atoms with Gasteiger partial charge < -0.3 is 5.32 Å². The number of nitro benzene ring substituents is 1. The van der Waals surface area contributed by atoms with Crippen molar-refractivity contribution in [2.75, 3.05) is 11.9 Å². The Morgan fingerprint density at radius 3 is 3.09 bits per heavy atom. The molecule has 6 nitrogen and oxygen atoms in total. The molecule has 0 unspecified atom stereocenters. The highest BCUT2D eigenvalue weighted by atomic mass is 32.1. The van der Waals surface area contributed by atoms with E-state index in [9.17, 15) is 10.1 Å². The third-order valence-electron chi connectivity index (χ3n) is 3.09. The molecule has 3 aromatic rings. The number of hydrogen-bond donors (Lipinski definition) is 1. The predicted molar refractivity (Wildman–Crippen MR) is 90.5 cm³/mol. The fraction of sp³-hybridized carbons (Fsp3) is 0.125. The number of benzene rings is 1. The van der Waals surface area contributed by atoms with Crippen LogP contribution in [0.15, 0.2) is 42.0 Å². The molecular weight excluding hydrogens is 312 g/mol. The van der Waals surface area contributed by atoms with E-state index in [-0.39, 0.29) is 5.69 Å². The van der Waals surface area contributed by atoms with Crippen LogP contribution in [0, 0.1) is 22.0 Å². The lowest BCUT2D eigenvalue weighted by atomic mass is 10.2. The summed E-state index contributed by atoms with van der Waals surface area (Å²) < 4.78 is 0. The Labute approximate surface area is 136 Å². The van der Waals surface area contributed by atoms with Crippen molar-refractivity contribution in [3.63, 3.8) is 0 Å². The average molecular weight is 324 g/mol. The van der Waals surface area contributed by atoms with Crippen molar-refractivity contribution in [3.8, 4) is 11.8 Å². The third kappa shape index (κ3) is 3.62. The van der Waals surface area contributed by atoms with Gasteiger partial charge in [-0.3, -0.25) is 10.1 Å². The molecule has 0 saturated heterocycles. The number of aromatic nitrogens is 2. The van der Waals surface area contributed by atoms with Gasteiger partial charge in [0.1, 0.15) is 17.0 Å². The first-order valence-corrected chi connectivity index (χ1v) is 7.77. The summed E-state index contributed by atoms with van der Waals surface area (Å²) in [6, 6.07) is 8.30. The topological polar surface area (TPSA) is 81.0 Å². The number of rotatable bonds is 4. The summed E-state index contributed by atoms with van der Waals surface area (Å²) in [5.74, 6) is 6.74. The van der Waals surface area contributed by atoms with Gasteiger partial charge in [0.25, 0.3) is 5.69 Å². The van der Waals surface area contributed by atoms with Gasteiger partial charge >= 0.3 is 0 Å². The largest absolute Gasteiger partial charge is 0.368 e. The molecule has 1 aromatic carbocycles. The van der Waals surface area contributed by atoms with Crippen molar-refractivity contribution in [2.24, 2.45) is 0 Å². The molecule has 2 aromatic heterocycles. The van der Waals surface area contributed by atoms with Crippen LogP contribution >= 0.6 is 11.3 Å². The van der Waals surface area contributed by atoms with E-state index in [1.54, 1.807) is 23.5 Å². The minimum atomic E-state index is -0.423. The highest BCUT2D eigenvalue weighted by Gasteiger charge is 2.04. The number of hydrogen-bond acceptors (Lipinski definition) is 6. The summed E-state index contributed by atoms with van der Waals surface area (Å²) in [5, 5.41) is 16.9. The Kier molecular flexibility index (Phi) is 4.45. The Balaban J connectivity index is 1.59. The third-order valence-corrected chi connectivity index (χ3v) is 3.91. The number of fused-ring (bicyclic) bond motifs is 1. The number of thiophene rings is 1. The molecule has 0 aliphatic heterocycles. The van der Waals surface area contributed by atoms with E-state index >= 15 is 0 Å². The quantitative estimate of drug-likeness (QED) is 0.344. The molecule has 2 heterocycles. The van der Waals surface area contributed by atoms with E-state index in [4.69, 9.17) is 0 Å². The van der Waals surface area contributed by atoms with Gasteiger partial charge in [-0.2, -0.15) is 0 Å². The first-order valence-electron chi connectivity index (χ1n) is 6.89. The molecule has 7 heteroatoms. The molecule has 1 N–H and O–H groups in total. The predicted octanol–water partition coefficient (Wildman–Crippen LogP) is 3.45. The van der Waals surface area contributed by atoms with Crippen LogP contribution in [0.25, 0.3) is 10.2 Å². The fourth-order valence-corrected chi connectivity index (χ4v) is 2.77. The van der Waals surface area contributed by atoms with Crippen molar-refractivity contribution < 1.29 is 4.92 Å². The van der Waals surface area contributed by atoms with Gasteiger partial charge in [0.05, 0.1) is 10.3 Å². The Hall–Kier alpha value is -2.98. The average Bonchev–Trinajstić information content (AvgIpc) is 3.04. The van der Waals surface area contributed by atoms with Crippen LogP contribution < -0.4 is 5.32 Å². The van der Waals surface area contributed by atoms with Gasteiger partial charge in [-0.1, -0.05) is 17.9 Å². The lowest BCUT2D eigenvalue weighted by Crippen LogP contribution is -2.02. The molecule has 3 rings (SSSR count). The summed E-state index contributed by atoms with van der Waals surface area (Å²) in [7, 11) is 0. The molecule has 0 radical (unpaired) electrons. The van der Waals surface area contributed by atoms with Crippen LogP contribution in [0.4, 0.5) is 11.5 Å². The van der Waals surface area contributed by atoms with Crippen LogP contribution in [0.5, 0.6) is 0 Å². The fourth-order valence-electron chi connectivity index (χ4n) is 2.04. The summed E-state index contributed by atoms with van der Waals surface area (Å²) in [6.07, 6.45) is 2.15. The van der Waals surface area contributed by atoms with Crippen LogP contribution in [-0.2, 0) is 0 Å². The highest BCUT2D eigenvalue weighted by molar-refractivity contribution is 7.16.